The Morgan fingerprint density at radius 1 is 1.35 bits per heavy atom. The van der Waals surface area contributed by atoms with Crippen molar-refractivity contribution in [3.8, 4) is 0 Å². The summed E-state index contributed by atoms with van der Waals surface area (Å²) in [5.41, 5.74) is 1.02. The summed E-state index contributed by atoms with van der Waals surface area (Å²) in [4.78, 5) is 33.0. The fraction of sp³-hybridized carbons (Fsp3) is 0.250. The molecule has 0 spiro atoms. The minimum atomic E-state index is -0.659. The quantitative estimate of drug-likeness (QED) is 0.686. The molecule has 0 amide bonds. The van der Waals surface area contributed by atoms with Gasteiger partial charge in [-0.1, -0.05) is 0 Å². The van der Waals surface area contributed by atoms with Gasteiger partial charge in [0.1, 0.15) is 11.2 Å². The maximum atomic E-state index is 12.5. The molecule has 3 aromatic rings. The number of nitrogens with zero attached hydrogens (tertiary/aromatic N) is 4. The van der Waals surface area contributed by atoms with E-state index in [0.29, 0.717) is 17.6 Å². The van der Waals surface area contributed by atoms with Crippen LogP contribution in [0.4, 0.5) is 0 Å². The van der Waals surface area contributed by atoms with Gasteiger partial charge in [0.15, 0.2) is 6.73 Å². The number of carbonyl (C=O) groups is 1. The second-order valence-corrected chi connectivity index (χ2v) is 5.12. The molecule has 3 heterocycles. The molecule has 0 saturated carbocycles. The number of hydrogen-bond donors (Lipinski definition) is 0. The van der Waals surface area contributed by atoms with Crippen molar-refractivity contribution in [1.82, 2.24) is 19.1 Å². The lowest BCUT2D eigenvalue weighted by molar-refractivity contribution is 0.0369. The SMILES string of the molecule is CCn1cc(C(=O)OCn2ccnc2)c(=O)c2ccc(C)nc21. The molecule has 0 unspecified atom stereocenters. The largest absolute Gasteiger partial charge is 0.440 e. The van der Waals surface area contributed by atoms with E-state index in [-0.39, 0.29) is 17.7 Å². The first-order valence-electron chi connectivity index (χ1n) is 7.24. The summed E-state index contributed by atoms with van der Waals surface area (Å²) < 4.78 is 8.55. The molecule has 0 bridgehead atoms. The van der Waals surface area contributed by atoms with E-state index < -0.39 is 5.97 Å². The third kappa shape index (κ3) is 2.85. The second kappa shape index (κ2) is 6.04. The van der Waals surface area contributed by atoms with Gasteiger partial charge in [0.05, 0.1) is 11.7 Å². The molecule has 0 radical (unpaired) electrons. The van der Waals surface area contributed by atoms with Crippen LogP contribution in [0, 0.1) is 6.92 Å². The topological polar surface area (TPSA) is 79.0 Å². The van der Waals surface area contributed by atoms with E-state index in [1.807, 2.05) is 13.8 Å². The molecule has 0 aliphatic heterocycles. The predicted molar refractivity (Wildman–Crippen MR) is 84.1 cm³/mol. The minimum absolute atomic E-state index is 0.00474. The van der Waals surface area contributed by atoms with Gasteiger partial charge in [0.2, 0.25) is 5.43 Å². The van der Waals surface area contributed by atoms with Gasteiger partial charge in [-0.25, -0.2) is 14.8 Å². The summed E-state index contributed by atoms with van der Waals surface area (Å²) in [5.74, 6) is -0.659. The molecule has 0 saturated heterocycles. The molecule has 0 aliphatic rings. The third-order valence-electron chi connectivity index (χ3n) is 3.53. The third-order valence-corrected chi connectivity index (χ3v) is 3.53. The van der Waals surface area contributed by atoms with Gasteiger partial charge in [0, 0.05) is 30.8 Å². The van der Waals surface area contributed by atoms with Gasteiger partial charge in [-0.05, 0) is 26.0 Å². The Morgan fingerprint density at radius 3 is 2.87 bits per heavy atom. The molecule has 0 fully saturated rings. The fourth-order valence-corrected chi connectivity index (χ4v) is 2.32. The molecule has 23 heavy (non-hydrogen) atoms. The van der Waals surface area contributed by atoms with Gasteiger partial charge < -0.3 is 13.9 Å². The molecule has 0 N–H and O–H groups in total. The molecule has 0 atom stereocenters. The van der Waals surface area contributed by atoms with Crippen LogP contribution in [0.25, 0.3) is 11.0 Å². The smallest absolute Gasteiger partial charge is 0.345 e. The predicted octanol–water partition coefficient (Wildman–Crippen LogP) is 1.74. The van der Waals surface area contributed by atoms with Crippen LogP contribution < -0.4 is 5.43 Å². The highest BCUT2D eigenvalue weighted by molar-refractivity contribution is 5.93. The maximum absolute atomic E-state index is 12.5. The molecule has 3 rings (SSSR count). The van der Waals surface area contributed by atoms with Crippen LogP contribution in [-0.4, -0.2) is 25.1 Å². The number of pyridine rings is 2. The van der Waals surface area contributed by atoms with Crippen molar-refractivity contribution in [3.05, 3.63) is 58.5 Å². The van der Waals surface area contributed by atoms with Crippen LogP contribution in [-0.2, 0) is 18.0 Å². The van der Waals surface area contributed by atoms with E-state index >= 15 is 0 Å². The van der Waals surface area contributed by atoms with Crippen LogP contribution in [0.2, 0.25) is 0 Å². The number of fused-ring (bicyclic) bond motifs is 1. The molecular formula is C16H16N4O3. The van der Waals surface area contributed by atoms with Gasteiger partial charge in [-0.15, -0.1) is 0 Å². The lowest BCUT2D eigenvalue weighted by atomic mass is 10.2. The van der Waals surface area contributed by atoms with Crippen molar-refractivity contribution < 1.29 is 9.53 Å². The van der Waals surface area contributed by atoms with Crippen LogP contribution in [0.5, 0.6) is 0 Å². The Kier molecular flexibility index (Phi) is 3.92. The van der Waals surface area contributed by atoms with E-state index in [1.165, 1.54) is 12.5 Å². The Balaban J connectivity index is 2.00. The number of hydrogen-bond acceptors (Lipinski definition) is 5. The fourth-order valence-electron chi connectivity index (χ4n) is 2.32. The number of carbonyl (C=O) groups excluding carboxylic acids is 1. The van der Waals surface area contributed by atoms with Crippen LogP contribution in [0.15, 0.2) is 41.8 Å². The number of aryl methyl sites for hydroxylation is 2. The van der Waals surface area contributed by atoms with Gasteiger partial charge in [0.25, 0.3) is 0 Å². The lowest BCUT2D eigenvalue weighted by Crippen LogP contribution is -2.22. The summed E-state index contributed by atoms with van der Waals surface area (Å²) in [6, 6.07) is 3.45. The van der Waals surface area contributed by atoms with Crippen molar-refractivity contribution in [2.45, 2.75) is 27.1 Å². The summed E-state index contributed by atoms with van der Waals surface area (Å²) in [6.45, 7) is 4.38. The first-order valence-corrected chi connectivity index (χ1v) is 7.24. The zero-order chi connectivity index (χ0) is 16.4. The van der Waals surface area contributed by atoms with E-state index in [2.05, 4.69) is 9.97 Å². The van der Waals surface area contributed by atoms with Gasteiger partial charge >= 0.3 is 5.97 Å². The molecular weight excluding hydrogens is 296 g/mol. The zero-order valence-corrected chi connectivity index (χ0v) is 12.9. The standard InChI is InChI=1S/C16H16N4O3/c1-3-20-8-13(16(22)23-10-19-7-6-17-9-19)14(21)12-5-4-11(2)18-15(12)20/h4-9H,3,10H2,1-2H3. The lowest BCUT2D eigenvalue weighted by Gasteiger charge is -2.11. The second-order valence-electron chi connectivity index (χ2n) is 5.12. The Bertz CT molecular complexity index is 913. The Hall–Kier alpha value is -2.96. The van der Waals surface area contributed by atoms with Crippen LogP contribution in [0.3, 0.4) is 0 Å². The minimum Gasteiger partial charge on any atom is -0.440 e. The van der Waals surface area contributed by atoms with E-state index in [9.17, 15) is 9.59 Å². The van der Waals surface area contributed by atoms with Crippen molar-refractivity contribution in [1.29, 1.82) is 0 Å². The molecule has 7 heteroatoms. The highest BCUT2D eigenvalue weighted by atomic mass is 16.5. The Labute approximate surface area is 132 Å². The highest BCUT2D eigenvalue weighted by Crippen LogP contribution is 2.11. The van der Waals surface area contributed by atoms with Crippen LogP contribution in [0.1, 0.15) is 23.0 Å². The zero-order valence-electron chi connectivity index (χ0n) is 12.9. The molecule has 3 aromatic heterocycles. The van der Waals surface area contributed by atoms with E-state index in [1.54, 1.807) is 33.7 Å². The normalized spacial score (nSPS) is 10.9. The summed E-state index contributed by atoms with van der Waals surface area (Å²) in [6.07, 6.45) is 6.30. The number of rotatable bonds is 4. The highest BCUT2D eigenvalue weighted by Gasteiger charge is 2.17. The molecule has 0 aromatic carbocycles. The summed E-state index contributed by atoms with van der Waals surface area (Å²) >= 11 is 0. The van der Waals surface area contributed by atoms with E-state index in [4.69, 9.17) is 4.74 Å². The molecule has 118 valence electrons. The number of aromatic nitrogens is 4. The first kappa shape index (κ1) is 15.0. The van der Waals surface area contributed by atoms with Gasteiger partial charge in [-0.3, -0.25) is 4.79 Å². The van der Waals surface area contributed by atoms with Crippen molar-refractivity contribution in [2.24, 2.45) is 0 Å². The average Bonchev–Trinajstić information content (AvgIpc) is 3.06. The summed E-state index contributed by atoms with van der Waals surface area (Å²) in [5, 5.41) is 0.412. The van der Waals surface area contributed by atoms with E-state index in [0.717, 1.165) is 5.69 Å². The monoisotopic (exact) mass is 312 g/mol. The van der Waals surface area contributed by atoms with Crippen molar-refractivity contribution in [2.75, 3.05) is 0 Å². The van der Waals surface area contributed by atoms with Crippen LogP contribution >= 0.6 is 0 Å². The van der Waals surface area contributed by atoms with Crippen molar-refractivity contribution in [3.63, 3.8) is 0 Å². The number of esters is 1. The number of imidazole rings is 1. The Morgan fingerprint density at radius 2 is 2.17 bits per heavy atom. The average molecular weight is 312 g/mol. The molecule has 0 aliphatic carbocycles. The maximum Gasteiger partial charge on any atom is 0.345 e. The van der Waals surface area contributed by atoms with Crippen molar-refractivity contribution >= 4 is 17.0 Å². The summed E-state index contributed by atoms with van der Waals surface area (Å²) in [7, 11) is 0. The number of ether oxygens (including phenoxy) is 1. The first-order chi connectivity index (χ1) is 11.1. The molecule has 7 nitrogen and oxygen atoms in total. The van der Waals surface area contributed by atoms with Gasteiger partial charge in [-0.2, -0.15) is 0 Å².